The summed E-state index contributed by atoms with van der Waals surface area (Å²) in [7, 11) is -3.99. The number of nitrogens with two attached hydrogens (primary N) is 1. The molecule has 138 valence electrons. The predicted octanol–water partition coefficient (Wildman–Crippen LogP) is 3.36. The van der Waals surface area contributed by atoms with Crippen molar-refractivity contribution in [2.45, 2.75) is 43.5 Å². The molecule has 26 heavy (non-hydrogen) atoms. The molecule has 0 saturated carbocycles. The van der Waals surface area contributed by atoms with E-state index in [0.717, 1.165) is 18.4 Å². The van der Waals surface area contributed by atoms with Crippen LogP contribution in [0.1, 0.15) is 52.9 Å². The molecule has 1 atom stereocenters. The zero-order valence-corrected chi connectivity index (χ0v) is 16.0. The zero-order chi connectivity index (χ0) is 18.9. The van der Waals surface area contributed by atoms with Crippen molar-refractivity contribution in [3.8, 4) is 0 Å². The van der Waals surface area contributed by atoms with E-state index < -0.39 is 10.0 Å². The van der Waals surface area contributed by atoms with Crippen molar-refractivity contribution in [3.05, 3.63) is 63.7 Å². The highest BCUT2D eigenvalue weighted by atomic mass is 35.5. The Morgan fingerprint density at radius 1 is 1.12 bits per heavy atom. The summed E-state index contributed by atoms with van der Waals surface area (Å²) in [5.41, 5.74) is 3.95. The van der Waals surface area contributed by atoms with E-state index >= 15 is 0 Å². The number of rotatable bonds is 4. The summed E-state index contributed by atoms with van der Waals surface area (Å²) >= 11 is 5.86. The Kier molecular flexibility index (Phi) is 5.37. The van der Waals surface area contributed by atoms with Crippen molar-refractivity contribution >= 4 is 27.5 Å². The van der Waals surface area contributed by atoms with Gasteiger partial charge in [0, 0.05) is 5.56 Å². The molecule has 0 aromatic heterocycles. The second-order valence-electron chi connectivity index (χ2n) is 6.62. The Bertz CT molecular complexity index is 957. The number of hydrogen-bond donors (Lipinski definition) is 2. The molecule has 2 aromatic carbocycles. The molecule has 1 aliphatic carbocycles. The zero-order valence-electron chi connectivity index (χ0n) is 14.5. The largest absolute Gasteiger partial charge is 0.346 e. The Hall–Kier alpha value is -1.89. The number of primary sulfonamides is 1. The number of fused-ring (bicyclic) bond motifs is 1. The molecule has 0 spiro atoms. The van der Waals surface area contributed by atoms with Crippen LogP contribution in [0.2, 0.25) is 5.02 Å². The molecule has 0 fully saturated rings. The molecule has 1 amide bonds. The molecule has 0 unspecified atom stereocenters. The van der Waals surface area contributed by atoms with E-state index in [4.69, 9.17) is 16.7 Å². The Morgan fingerprint density at radius 2 is 1.81 bits per heavy atom. The van der Waals surface area contributed by atoms with Crippen molar-refractivity contribution < 1.29 is 13.2 Å². The van der Waals surface area contributed by atoms with Gasteiger partial charge in [0.05, 0.1) is 11.1 Å². The molecule has 5 nitrogen and oxygen atoms in total. The number of carbonyl (C=O) groups excluding carboxylic acids is 1. The van der Waals surface area contributed by atoms with E-state index in [1.165, 1.54) is 42.2 Å². The average molecular weight is 393 g/mol. The number of sulfonamides is 1. The van der Waals surface area contributed by atoms with Crippen molar-refractivity contribution in [2.24, 2.45) is 5.14 Å². The van der Waals surface area contributed by atoms with Crippen LogP contribution >= 0.6 is 11.6 Å². The van der Waals surface area contributed by atoms with Gasteiger partial charge >= 0.3 is 0 Å². The molecule has 2 aromatic rings. The molecule has 0 aliphatic heterocycles. The first-order valence-corrected chi connectivity index (χ1v) is 10.4. The molecule has 7 heteroatoms. The summed E-state index contributed by atoms with van der Waals surface area (Å²) in [6.45, 7) is 1.90. The van der Waals surface area contributed by atoms with Gasteiger partial charge in [0.25, 0.3) is 5.91 Å². The lowest BCUT2D eigenvalue weighted by atomic mass is 9.89. The van der Waals surface area contributed by atoms with Crippen LogP contribution in [-0.4, -0.2) is 14.3 Å². The molecule has 3 N–H and O–H groups in total. The summed E-state index contributed by atoms with van der Waals surface area (Å²) in [6.07, 6.45) is 4.59. The first-order valence-electron chi connectivity index (χ1n) is 8.50. The second kappa shape index (κ2) is 7.39. The number of hydrogen-bond acceptors (Lipinski definition) is 3. The summed E-state index contributed by atoms with van der Waals surface area (Å²) in [6, 6.07) is 10.2. The van der Waals surface area contributed by atoms with Gasteiger partial charge in [0.2, 0.25) is 10.0 Å². The van der Waals surface area contributed by atoms with Crippen LogP contribution < -0.4 is 10.5 Å². The number of carbonyl (C=O) groups is 1. The SMILES string of the molecule is C[C@H](NC(=O)c1ccc(Cl)c(S(N)(=O)=O)c1)c1ccc2c(c1)CCCC2. The van der Waals surface area contributed by atoms with Crippen LogP contribution in [0.5, 0.6) is 0 Å². The number of benzene rings is 2. The summed E-state index contributed by atoms with van der Waals surface area (Å²) < 4.78 is 23.1. The molecule has 1 aliphatic rings. The van der Waals surface area contributed by atoms with Gasteiger partial charge in [0.1, 0.15) is 4.90 Å². The van der Waals surface area contributed by atoms with Crippen LogP contribution in [0, 0.1) is 0 Å². The molecular formula is C19H21ClN2O3S. The predicted molar refractivity (Wildman–Crippen MR) is 102 cm³/mol. The van der Waals surface area contributed by atoms with E-state index in [9.17, 15) is 13.2 Å². The highest BCUT2D eigenvalue weighted by molar-refractivity contribution is 7.89. The summed E-state index contributed by atoms with van der Waals surface area (Å²) in [5, 5.41) is 8.03. The van der Waals surface area contributed by atoms with E-state index in [0.29, 0.717) is 0 Å². The van der Waals surface area contributed by atoms with E-state index in [1.54, 1.807) is 0 Å². The van der Waals surface area contributed by atoms with Crippen LogP contribution in [0.25, 0.3) is 0 Å². The lowest BCUT2D eigenvalue weighted by Gasteiger charge is -2.20. The minimum atomic E-state index is -3.99. The fourth-order valence-electron chi connectivity index (χ4n) is 3.25. The highest BCUT2D eigenvalue weighted by Gasteiger charge is 2.18. The maximum atomic E-state index is 12.5. The maximum Gasteiger partial charge on any atom is 0.251 e. The fraction of sp³-hybridized carbons (Fsp3) is 0.316. The van der Waals surface area contributed by atoms with Crippen LogP contribution in [0.4, 0.5) is 0 Å². The average Bonchev–Trinajstić information content (AvgIpc) is 2.60. The monoisotopic (exact) mass is 392 g/mol. The lowest BCUT2D eigenvalue weighted by Crippen LogP contribution is -2.27. The normalized spacial score (nSPS) is 15.2. The Morgan fingerprint density at radius 3 is 2.50 bits per heavy atom. The van der Waals surface area contributed by atoms with Crippen molar-refractivity contribution in [1.29, 1.82) is 0 Å². The van der Waals surface area contributed by atoms with E-state index in [1.807, 2.05) is 13.0 Å². The molecule has 0 radical (unpaired) electrons. The minimum Gasteiger partial charge on any atom is -0.346 e. The first-order chi connectivity index (χ1) is 12.3. The van der Waals surface area contributed by atoms with Gasteiger partial charge in [-0.15, -0.1) is 0 Å². The highest BCUT2D eigenvalue weighted by Crippen LogP contribution is 2.25. The standard InChI is InChI=1S/C19H21ClN2O3S/c1-12(14-7-6-13-4-2-3-5-15(13)10-14)22-19(23)16-8-9-17(20)18(11-16)26(21,24)25/h6-12H,2-5H2,1H3,(H,22,23)(H2,21,24,25)/t12-/m0/s1. The van der Waals surface area contributed by atoms with Crippen molar-refractivity contribution in [1.82, 2.24) is 5.32 Å². The van der Waals surface area contributed by atoms with Crippen molar-refractivity contribution in [2.75, 3.05) is 0 Å². The number of amides is 1. The third-order valence-corrected chi connectivity index (χ3v) is 6.11. The van der Waals surface area contributed by atoms with Crippen molar-refractivity contribution in [3.63, 3.8) is 0 Å². The van der Waals surface area contributed by atoms with Gasteiger partial charge in [-0.05, 0) is 67.5 Å². The third-order valence-electron chi connectivity index (χ3n) is 4.72. The van der Waals surface area contributed by atoms with Gasteiger partial charge in [-0.2, -0.15) is 0 Å². The lowest BCUT2D eigenvalue weighted by molar-refractivity contribution is 0.0939. The van der Waals surface area contributed by atoms with Gasteiger partial charge in [0.15, 0.2) is 0 Å². The van der Waals surface area contributed by atoms with Gasteiger partial charge in [-0.3, -0.25) is 4.79 Å². The second-order valence-corrected chi connectivity index (χ2v) is 8.56. The smallest absolute Gasteiger partial charge is 0.251 e. The summed E-state index contributed by atoms with van der Waals surface area (Å²) in [4.78, 5) is 12.3. The molecule has 0 saturated heterocycles. The third kappa shape index (κ3) is 4.09. The number of halogens is 1. The number of nitrogens with one attached hydrogen (secondary N) is 1. The number of aryl methyl sites for hydroxylation is 2. The fourth-order valence-corrected chi connectivity index (χ4v) is 4.32. The van der Waals surface area contributed by atoms with E-state index in [2.05, 4.69) is 17.4 Å². The van der Waals surface area contributed by atoms with Gasteiger partial charge in [-0.1, -0.05) is 29.8 Å². The molecular weight excluding hydrogens is 372 g/mol. The molecule has 3 rings (SSSR count). The van der Waals surface area contributed by atoms with Crippen LogP contribution in [-0.2, 0) is 22.9 Å². The topological polar surface area (TPSA) is 89.3 Å². The Balaban J connectivity index is 1.80. The molecule has 0 heterocycles. The minimum absolute atomic E-state index is 0.00761. The molecule has 0 bridgehead atoms. The van der Waals surface area contributed by atoms with Crippen LogP contribution in [0.15, 0.2) is 41.3 Å². The summed E-state index contributed by atoms with van der Waals surface area (Å²) in [5.74, 6) is -0.378. The van der Waals surface area contributed by atoms with Crippen LogP contribution in [0.3, 0.4) is 0 Å². The first kappa shape index (κ1) is 18.9. The Labute approximate surface area is 158 Å². The van der Waals surface area contributed by atoms with Gasteiger partial charge < -0.3 is 5.32 Å². The van der Waals surface area contributed by atoms with Gasteiger partial charge in [-0.25, -0.2) is 13.6 Å². The quantitative estimate of drug-likeness (QED) is 0.835. The maximum absolute atomic E-state index is 12.5. The van der Waals surface area contributed by atoms with E-state index in [-0.39, 0.29) is 27.4 Å².